The lowest BCUT2D eigenvalue weighted by Gasteiger charge is -2.29. The van der Waals surface area contributed by atoms with Gasteiger partial charge in [-0.2, -0.15) is 0 Å². The molecular formula is C15H32O4Si. The first-order chi connectivity index (χ1) is 9.74. The molecule has 120 valence electrons. The summed E-state index contributed by atoms with van der Waals surface area (Å²) in [4.78, 5) is 10.7. The molecule has 0 rings (SSSR count). The van der Waals surface area contributed by atoms with E-state index in [1.54, 1.807) is 0 Å². The van der Waals surface area contributed by atoms with Crippen LogP contribution in [0.1, 0.15) is 65.7 Å². The van der Waals surface area contributed by atoms with E-state index in [2.05, 4.69) is 20.8 Å². The fourth-order valence-corrected chi connectivity index (χ4v) is 4.21. The molecule has 0 aromatic heterocycles. The number of unbranched alkanes of at least 4 members (excludes halogenated alkanes) is 3. The van der Waals surface area contributed by atoms with Gasteiger partial charge < -0.3 is 18.1 Å². The first-order valence-corrected chi connectivity index (χ1v) is 10.0. The van der Waals surface area contributed by atoms with Crippen molar-refractivity contribution in [3.05, 3.63) is 0 Å². The Balaban J connectivity index is 4.51. The smallest absolute Gasteiger partial charge is 0.373 e. The van der Waals surface area contributed by atoms with Crippen molar-refractivity contribution in [1.82, 2.24) is 0 Å². The Bertz CT molecular complexity index is 197. The van der Waals surface area contributed by atoms with E-state index in [9.17, 15) is 4.79 Å². The Morgan fingerprint density at radius 3 is 1.50 bits per heavy atom. The van der Waals surface area contributed by atoms with Gasteiger partial charge in [-0.25, -0.2) is 0 Å². The zero-order valence-electron chi connectivity index (χ0n) is 13.5. The number of hydrogen-bond acceptors (Lipinski definition) is 4. The number of carbonyl (C=O) groups excluding carboxylic acids is 1. The van der Waals surface area contributed by atoms with Gasteiger partial charge in [-0.3, -0.25) is 0 Å². The van der Waals surface area contributed by atoms with Crippen molar-refractivity contribution in [2.45, 2.75) is 71.8 Å². The van der Waals surface area contributed by atoms with Crippen LogP contribution in [0, 0.1) is 0 Å². The molecule has 0 aliphatic rings. The maximum Gasteiger partial charge on any atom is 0.501 e. The Morgan fingerprint density at radius 2 is 1.20 bits per heavy atom. The van der Waals surface area contributed by atoms with Crippen molar-refractivity contribution in [1.29, 1.82) is 0 Å². The fourth-order valence-electron chi connectivity index (χ4n) is 1.69. The molecule has 20 heavy (non-hydrogen) atoms. The van der Waals surface area contributed by atoms with Crippen LogP contribution in [0.3, 0.4) is 0 Å². The molecule has 4 nitrogen and oxygen atoms in total. The van der Waals surface area contributed by atoms with Crippen LogP contribution >= 0.6 is 0 Å². The topological polar surface area (TPSA) is 44.8 Å². The van der Waals surface area contributed by atoms with Gasteiger partial charge in [0.15, 0.2) is 0 Å². The van der Waals surface area contributed by atoms with E-state index in [-0.39, 0.29) is 0 Å². The third-order valence-electron chi connectivity index (χ3n) is 3.03. The molecule has 0 saturated heterocycles. The molecule has 5 heteroatoms. The average molecular weight is 305 g/mol. The van der Waals surface area contributed by atoms with Crippen LogP contribution in [0.25, 0.3) is 0 Å². The highest BCUT2D eigenvalue weighted by Gasteiger charge is 2.40. The summed E-state index contributed by atoms with van der Waals surface area (Å²) in [6.07, 6.45) is 7.65. The van der Waals surface area contributed by atoms with Crippen molar-refractivity contribution in [3.63, 3.8) is 0 Å². The van der Waals surface area contributed by atoms with Gasteiger partial charge in [0.1, 0.15) is 6.29 Å². The Morgan fingerprint density at radius 1 is 0.800 bits per heavy atom. The minimum atomic E-state index is -2.66. The molecule has 0 aliphatic heterocycles. The lowest BCUT2D eigenvalue weighted by molar-refractivity contribution is -0.107. The zero-order chi connectivity index (χ0) is 15.1. The molecule has 0 radical (unpaired) electrons. The normalized spacial score (nSPS) is 11.8. The summed E-state index contributed by atoms with van der Waals surface area (Å²) in [5, 5.41) is 0. The van der Waals surface area contributed by atoms with Crippen LogP contribution in [-0.4, -0.2) is 34.9 Å². The van der Waals surface area contributed by atoms with Crippen molar-refractivity contribution < 1.29 is 18.1 Å². The van der Waals surface area contributed by atoms with Crippen molar-refractivity contribution >= 4 is 15.1 Å². The second-order valence-electron chi connectivity index (χ2n) is 4.99. The largest absolute Gasteiger partial charge is 0.501 e. The minimum Gasteiger partial charge on any atom is -0.373 e. The molecule has 0 spiro atoms. The molecule has 0 amide bonds. The Labute approximate surface area is 125 Å². The summed E-state index contributed by atoms with van der Waals surface area (Å²) in [5.41, 5.74) is 0. The molecule has 0 aromatic carbocycles. The molecule has 0 aliphatic carbocycles. The summed E-state index contributed by atoms with van der Waals surface area (Å²) in [7, 11) is -2.66. The summed E-state index contributed by atoms with van der Waals surface area (Å²) in [6.45, 7) is 8.40. The van der Waals surface area contributed by atoms with E-state index < -0.39 is 8.80 Å². The third-order valence-corrected chi connectivity index (χ3v) is 5.86. The van der Waals surface area contributed by atoms with Gasteiger partial charge in [-0.05, 0) is 19.3 Å². The van der Waals surface area contributed by atoms with Gasteiger partial charge >= 0.3 is 8.80 Å². The van der Waals surface area contributed by atoms with Gasteiger partial charge in [0, 0.05) is 32.3 Å². The first kappa shape index (κ1) is 19.8. The first-order valence-electron chi connectivity index (χ1n) is 8.10. The fraction of sp³-hybridized carbons (Fsp3) is 0.933. The van der Waals surface area contributed by atoms with E-state index in [4.69, 9.17) is 13.3 Å². The minimum absolute atomic E-state index is 0.455. The highest BCUT2D eigenvalue weighted by molar-refractivity contribution is 6.60. The predicted octanol–water partition coefficient (Wildman–Crippen LogP) is 3.96. The van der Waals surface area contributed by atoms with Gasteiger partial charge in [0.05, 0.1) is 0 Å². The van der Waals surface area contributed by atoms with Crippen LogP contribution in [0.5, 0.6) is 0 Å². The second kappa shape index (κ2) is 13.7. The highest BCUT2D eigenvalue weighted by Crippen LogP contribution is 2.19. The third kappa shape index (κ3) is 9.64. The number of carbonyl (C=O) groups is 1. The lowest BCUT2D eigenvalue weighted by Crippen LogP contribution is -2.46. The van der Waals surface area contributed by atoms with Crippen LogP contribution in [0.2, 0.25) is 6.04 Å². The zero-order valence-corrected chi connectivity index (χ0v) is 14.5. The Hall–Kier alpha value is -0.233. The molecule has 0 N–H and O–H groups in total. The quantitative estimate of drug-likeness (QED) is 0.261. The maximum atomic E-state index is 10.7. The van der Waals surface area contributed by atoms with Gasteiger partial charge in [0.25, 0.3) is 0 Å². The van der Waals surface area contributed by atoms with E-state index in [1.165, 1.54) is 0 Å². The van der Waals surface area contributed by atoms with Gasteiger partial charge in [-0.15, -0.1) is 0 Å². The summed E-state index contributed by atoms with van der Waals surface area (Å²) < 4.78 is 18.0. The maximum absolute atomic E-state index is 10.7. The van der Waals surface area contributed by atoms with Crippen molar-refractivity contribution in [2.75, 3.05) is 19.8 Å². The highest BCUT2D eigenvalue weighted by atomic mass is 28.4. The number of rotatable bonds is 15. The standard InChI is InChI=1S/C15H32O4Si/c1-4-7-12-17-20(15-10-11-16,18-13-8-5-2)19-14-9-6-3/h11H,4-10,12-15H2,1-3H3. The lowest BCUT2D eigenvalue weighted by atomic mass is 10.4. The van der Waals surface area contributed by atoms with Gasteiger partial charge in [0.2, 0.25) is 0 Å². The van der Waals surface area contributed by atoms with E-state index in [1.807, 2.05) is 0 Å². The predicted molar refractivity (Wildman–Crippen MR) is 83.8 cm³/mol. The van der Waals surface area contributed by atoms with E-state index in [0.717, 1.165) is 44.8 Å². The van der Waals surface area contributed by atoms with Gasteiger partial charge in [-0.1, -0.05) is 40.0 Å². The van der Waals surface area contributed by atoms with Crippen LogP contribution in [-0.2, 0) is 18.1 Å². The van der Waals surface area contributed by atoms with Crippen LogP contribution in [0.4, 0.5) is 0 Å². The molecule has 0 heterocycles. The molecule has 0 atom stereocenters. The monoisotopic (exact) mass is 304 g/mol. The summed E-state index contributed by atoms with van der Waals surface area (Å²) >= 11 is 0. The SMILES string of the molecule is CCCCO[Si](CCC=O)(OCCCC)OCCCC. The molecular weight excluding hydrogens is 272 g/mol. The Kier molecular flexibility index (Phi) is 13.6. The second-order valence-corrected chi connectivity index (χ2v) is 7.73. The molecule has 0 bridgehead atoms. The molecule has 0 unspecified atom stereocenters. The van der Waals surface area contributed by atoms with Crippen molar-refractivity contribution in [3.8, 4) is 0 Å². The number of hydrogen-bond donors (Lipinski definition) is 0. The number of aldehydes is 1. The van der Waals surface area contributed by atoms with Crippen LogP contribution in [0.15, 0.2) is 0 Å². The molecule has 0 aromatic rings. The summed E-state index contributed by atoms with van der Waals surface area (Å²) in [6, 6.07) is 0.605. The average Bonchev–Trinajstić information content (AvgIpc) is 2.46. The molecule has 0 fully saturated rings. The summed E-state index contributed by atoms with van der Waals surface area (Å²) in [5.74, 6) is 0. The molecule has 0 saturated carbocycles. The van der Waals surface area contributed by atoms with E-state index in [0.29, 0.717) is 32.3 Å². The van der Waals surface area contributed by atoms with Crippen LogP contribution < -0.4 is 0 Å². The van der Waals surface area contributed by atoms with Crippen molar-refractivity contribution in [2.24, 2.45) is 0 Å². The van der Waals surface area contributed by atoms with E-state index >= 15 is 0 Å².